The number of carbonyl (C=O) groups is 1. The molecule has 1 amide bonds. The number of rotatable bonds is 4. The summed E-state index contributed by atoms with van der Waals surface area (Å²) >= 11 is 3.51. The number of carbonyl (C=O) groups excluding carboxylic acids is 1. The second-order valence-electron chi connectivity index (χ2n) is 4.71. The first-order chi connectivity index (χ1) is 11.0. The second-order valence-corrected chi connectivity index (χ2v) is 5.56. The van der Waals surface area contributed by atoms with Gasteiger partial charge in [0.15, 0.2) is 11.5 Å². The zero-order valence-corrected chi connectivity index (χ0v) is 13.7. The zero-order chi connectivity index (χ0) is 16.6. The zero-order valence-electron chi connectivity index (χ0n) is 12.1. The molecular formula is C13H13BrN8O. The molecule has 3 aromatic rings. The molecule has 2 heterocycles. The molecule has 9 nitrogen and oxygen atoms in total. The van der Waals surface area contributed by atoms with Gasteiger partial charge in [-0.05, 0) is 35.0 Å². The van der Waals surface area contributed by atoms with Gasteiger partial charge in [-0.1, -0.05) is 0 Å². The van der Waals surface area contributed by atoms with Crippen molar-refractivity contribution in [1.29, 1.82) is 0 Å². The SMILES string of the molecule is CCn1ncc2c(Br)cc(Nc3nc(N)nnc3C(N)=O)cc21. The van der Waals surface area contributed by atoms with Crippen molar-refractivity contribution in [2.75, 3.05) is 11.1 Å². The molecule has 0 radical (unpaired) electrons. The van der Waals surface area contributed by atoms with Gasteiger partial charge < -0.3 is 16.8 Å². The van der Waals surface area contributed by atoms with Crippen molar-refractivity contribution < 1.29 is 4.79 Å². The maximum absolute atomic E-state index is 11.4. The summed E-state index contributed by atoms with van der Waals surface area (Å²) in [7, 11) is 0. The number of benzene rings is 1. The molecule has 23 heavy (non-hydrogen) atoms. The second kappa shape index (κ2) is 5.80. The molecule has 3 rings (SSSR count). The summed E-state index contributed by atoms with van der Waals surface area (Å²) in [6.07, 6.45) is 1.78. The van der Waals surface area contributed by atoms with E-state index in [2.05, 4.69) is 41.5 Å². The van der Waals surface area contributed by atoms with Crippen molar-refractivity contribution >= 4 is 50.2 Å². The van der Waals surface area contributed by atoms with E-state index in [9.17, 15) is 4.79 Å². The number of anilines is 3. The highest BCUT2D eigenvalue weighted by molar-refractivity contribution is 9.10. The van der Waals surface area contributed by atoms with Crippen LogP contribution in [0.2, 0.25) is 0 Å². The monoisotopic (exact) mass is 376 g/mol. The number of halogens is 1. The van der Waals surface area contributed by atoms with Crippen LogP contribution in [0.4, 0.5) is 17.5 Å². The molecule has 0 aliphatic rings. The topological polar surface area (TPSA) is 138 Å². The summed E-state index contributed by atoms with van der Waals surface area (Å²) in [5.74, 6) is -0.652. The van der Waals surface area contributed by atoms with E-state index in [0.717, 1.165) is 21.9 Å². The lowest BCUT2D eigenvalue weighted by molar-refractivity contribution is 0.0995. The summed E-state index contributed by atoms with van der Waals surface area (Å²) in [5.41, 5.74) is 12.3. The molecule has 0 aliphatic carbocycles. The average Bonchev–Trinajstić information content (AvgIpc) is 2.90. The number of aromatic nitrogens is 5. The van der Waals surface area contributed by atoms with Crippen molar-refractivity contribution in [3.63, 3.8) is 0 Å². The van der Waals surface area contributed by atoms with Crippen LogP contribution in [0.15, 0.2) is 22.8 Å². The molecule has 0 aliphatic heterocycles. The quantitative estimate of drug-likeness (QED) is 0.625. The smallest absolute Gasteiger partial charge is 0.273 e. The van der Waals surface area contributed by atoms with Gasteiger partial charge in [0.25, 0.3) is 5.91 Å². The summed E-state index contributed by atoms with van der Waals surface area (Å²) < 4.78 is 2.71. The van der Waals surface area contributed by atoms with E-state index in [1.54, 1.807) is 6.20 Å². The molecule has 2 aromatic heterocycles. The first-order valence-corrected chi connectivity index (χ1v) is 7.51. The molecule has 5 N–H and O–H groups in total. The van der Waals surface area contributed by atoms with Crippen LogP contribution in [0.3, 0.4) is 0 Å². The standard InChI is InChI=1S/C13H13BrN8O/c1-2-22-9-4-6(3-8(14)7(9)5-17-22)18-12-10(11(15)23)20-21-13(16)19-12/h3-5H,2H2,1H3,(H2,15,23)(H3,16,18,19,21). The van der Waals surface area contributed by atoms with Crippen molar-refractivity contribution in [2.45, 2.75) is 13.5 Å². The van der Waals surface area contributed by atoms with E-state index in [1.807, 2.05) is 23.7 Å². The van der Waals surface area contributed by atoms with Gasteiger partial charge in [-0.15, -0.1) is 10.2 Å². The number of hydrogen-bond acceptors (Lipinski definition) is 7. The minimum absolute atomic E-state index is 0.0590. The Labute approximate surface area is 139 Å². The van der Waals surface area contributed by atoms with Gasteiger partial charge >= 0.3 is 0 Å². The van der Waals surface area contributed by atoms with Crippen LogP contribution in [0.5, 0.6) is 0 Å². The average molecular weight is 377 g/mol. The van der Waals surface area contributed by atoms with Crippen molar-refractivity contribution in [2.24, 2.45) is 5.73 Å². The predicted octanol–water partition coefficient (Wildman–Crippen LogP) is 1.43. The number of fused-ring (bicyclic) bond motifs is 1. The Hall–Kier alpha value is -2.75. The fourth-order valence-corrected chi connectivity index (χ4v) is 2.74. The van der Waals surface area contributed by atoms with Crippen molar-refractivity contribution in [3.05, 3.63) is 28.5 Å². The van der Waals surface area contributed by atoms with Gasteiger partial charge in [0.05, 0.1) is 11.7 Å². The van der Waals surface area contributed by atoms with E-state index in [-0.39, 0.29) is 17.5 Å². The number of aryl methyl sites for hydroxylation is 1. The summed E-state index contributed by atoms with van der Waals surface area (Å²) in [4.78, 5) is 15.4. The van der Waals surface area contributed by atoms with Gasteiger partial charge in [-0.3, -0.25) is 9.48 Å². The molecule has 0 bridgehead atoms. The molecule has 10 heteroatoms. The number of amides is 1. The first kappa shape index (κ1) is 15.2. The lowest BCUT2D eigenvalue weighted by atomic mass is 10.2. The third-order valence-electron chi connectivity index (χ3n) is 3.21. The molecule has 0 fully saturated rings. The maximum Gasteiger partial charge on any atom is 0.273 e. The molecule has 0 unspecified atom stereocenters. The number of hydrogen-bond donors (Lipinski definition) is 3. The Morgan fingerprint density at radius 1 is 1.39 bits per heavy atom. The van der Waals surface area contributed by atoms with E-state index in [4.69, 9.17) is 11.5 Å². The Bertz CT molecular complexity index is 906. The maximum atomic E-state index is 11.4. The van der Waals surface area contributed by atoms with Gasteiger partial charge in [0, 0.05) is 22.1 Å². The molecule has 118 valence electrons. The molecule has 1 aromatic carbocycles. The largest absolute Gasteiger partial charge is 0.366 e. The Morgan fingerprint density at radius 2 is 2.17 bits per heavy atom. The van der Waals surface area contributed by atoms with Crippen LogP contribution >= 0.6 is 15.9 Å². The molecule has 0 spiro atoms. The number of nitrogens with zero attached hydrogens (tertiary/aromatic N) is 5. The van der Waals surface area contributed by atoms with Gasteiger partial charge in [0.1, 0.15) is 0 Å². The highest BCUT2D eigenvalue weighted by atomic mass is 79.9. The highest BCUT2D eigenvalue weighted by Crippen LogP contribution is 2.30. The van der Waals surface area contributed by atoms with E-state index >= 15 is 0 Å². The minimum Gasteiger partial charge on any atom is -0.366 e. The summed E-state index contributed by atoms with van der Waals surface area (Å²) in [6, 6.07) is 3.73. The van der Waals surface area contributed by atoms with Crippen LogP contribution in [-0.2, 0) is 6.54 Å². The van der Waals surface area contributed by atoms with Crippen LogP contribution in [0.25, 0.3) is 10.9 Å². The van der Waals surface area contributed by atoms with Crippen LogP contribution in [-0.4, -0.2) is 30.9 Å². The van der Waals surface area contributed by atoms with E-state index in [0.29, 0.717) is 5.69 Å². The Balaban J connectivity index is 2.08. The molecular weight excluding hydrogens is 364 g/mol. The van der Waals surface area contributed by atoms with Crippen LogP contribution in [0.1, 0.15) is 17.4 Å². The summed E-state index contributed by atoms with van der Waals surface area (Å²) in [6.45, 7) is 2.73. The van der Waals surface area contributed by atoms with Crippen LogP contribution in [0, 0.1) is 0 Å². The van der Waals surface area contributed by atoms with Crippen LogP contribution < -0.4 is 16.8 Å². The van der Waals surface area contributed by atoms with Gasteiger partial charge in [0.2, 0.25) is 5.95 Å². The third kappa shape index (κ3) is 2.80. The normalized spacial score (nSPS) is 10.9. The van der Waals surface area contributed by atoms with Crippen molar-refractivity contribution in [1.82, 2.24) is 25.0 Å². The van der Waals surface area contributed by atoms with E-state index < -0.39 is 5.91 Å². The number of nitrogen functional groups attached to an aromatic ring is 1. The van der Waals surface area contributed by atoms with E-state index in [1.165, 1.54) is 0 Å². The lowest BCUT2D eigenvalue weighted by Crippen LogP contribution is -2.18. The summed E-state index contributed by atoms with van der Waals surface area (Å²) in [5, 5.41) is 15.5. The number of nitrogens with one attached hydrogen (secondary N) is 1. The highest BCUT2D eigenvalue weighted by Gasteiger charge is 2.15. The number of nitrogens with two attached hydrogens (primary N) is 2. The van der Waals surface area contributed by atoms with Gasteiger partial charge in [-0.2, -0.15) is 10.1 Å². The molecule has 0 saturated heterocycles. The number of primary amides is 1. The fraction of sp³-hybridized carbons (Fsp3) is 0.154. The fourth-order valence-electron chi connectivity index (χ4n) is 2.19. The van der Waals surface area contributed by atoms with Gasteiger partial charge in [-0.25, -0.2) is 0 Å². The lowest BCUT2D eigenvalue weighted by Gasteiger charge is -2.10. The Kier molecular flexibility index (Phi) is 3.82. The Morgan fingerprint density at radius 3 is 2.87 bits per heavy atom. The molecule has 0 saturated carbocycles. The minimum atomic E-state index is -0.744. The molecule has 0 atom stereocenters. The predicted molar refractivity (Wildman–Crippen MR) is 89.1 cm³/mol. The third-order valence-corrected chi connectivity index (χ3v) is 3.87. The van der Waals surface area contributed by atoms with Crippen molar-refractivity contribution in [3.8, 4) is 0 Å². The first-order valence-electron chi connectivity index (χ1n) is 6.71.